The SMILES string of the molecule is CCN(C)c1ccc(CO)cc1C#N. The molecular weight excluding hydrogens is 176 g/mol. The van der Waals surface area contributed by atoms with E-state index in [0.29, 0.717) is 5.56 Å². The minimum Gasteiger partial charge on any atom is -0.392 e. The Balaban J connectivity index is 3.13. The van der Waals surface area contributed by atoms with Crippen molar-refractivity contribution in [2.24, 2.45) is 0 Å². The maximum absolute atomic E-state index is 8.92. The molecular formula is C11H14N2O. The summed E-state index contributed by atoms with van der Waals surface area (Å²) in [4.78, 5) is 2.00. The topological polar surface area (TPSA) is 47.3 Å². The van der Waals surface area contributed by atoms with Crippen LogP contribution in [0.2, 0.25) is 0 Å². The molecule has 1 aromatic carbocycles. The van der Waals surface area contributed by atoms with Crippen LogP contribution in [-0.4, -0.2) is 18.7 Å². The van der Waals surface area contributed by atoms with Crippen molar-refractivity contribution in [2.45, 2.75) is 13.5 Å². The van der Waals surface area contributed by atoms with E-state index in [4.69, 9.17) is 10.4 Å². The highest BCUT2D eigenvalue weighted by molar-refractivity contribution is 5.59. The van der Waals surface area contributed by atoms with Crippen molar-refractivity contribution in [1.82, 2.24) is 0 Å². The van der Waals surface area contributed by atoms with Gasteiger partial charge in [-0.2, -0.15) is 5.26 Å². The largest absolute Gasteiger partial charge is 0.392 e. The first-order chi connectivity index (χ1) is 6.72. The van der Waals surface area contributed by atoms with Crippen LogP contribution in [0.4, 0.5) is 5.69 Å². The summed E-state index contributed by atoms with van der Waals surface area (Å²) in [6.45, 7) is 2.86. The minimum atomic E-state index is -0.0230. The molecule has 0 aliphatic rings. The molecule has 14 heavy (non-hydrogen) atoms. The maximum atomic E-state index is 8.92. The molecule has 0 heterocycles. The molecule has 0 fully saturated rings. The van der Waals surface area contributed by atoms with Crippen LogP contribution in [0.5, 0.6) is 0 Å². The summed E-state index contributed by atoms with van der Waals surface area (Å²) in [6, 6.07) is 7.56. The molecule has 0 amide bonds. The Morgan fingerprint density at radius 2 is 2.21 bits per heavy atom. The van der Waals surface area contributed by atoms with Gasteiger partial charge in [0.15, 0.2) is 0 Å². The summed E-state index contributed by atoms with van der Waals surface area (Å²) in [7, 11) is 1.94. The first-order valence-corrected chi connectivity index (χ1v) is 4.58. The Bertz CT molecular complexity index is 355. The van der Waals surface area contributed by atoms with Gasteiger partial charge in [0, 0.05) is 13.6 Å². The van der Waals surface area contributed by atoms with Crippen molar-refractivity contribution in [3.05, 3.63) is 29.3 Å². The molecule has 0 atom stereocenters. The van der Waals surface area contributed by atoms with Crippen LogP contribution < -0.4 is 4.90 Å². The molecule has 0 saturated carbocycles. The highest BCUT2D eigenvalue weighted by atomic mass is 16.3. The van der Waals surface area contributed by atoms with E-state index in [9.17, 15) is 0 Å². The van der Waals surface area contributed by atoms with Gasteiger partial charge in [-0.25, -0.2) is 0 Å². The van der Waals surface area contributed by atoms with E-state index >= 15 is 0 Å². The monoisotopic (exact) mass is 190 g/mol. The fraction of sp³-hybridized carbons (Fsp3) is 0.364. The number of rotatable bonds is 3. The van der Waals surface area contributed by atoms with Crippen molar-refractivity contribution in [1.29, 1.82) is 5.26 Å². The molecule has 0 radical (unpaired) electrons. The predicted molar refractivity (Wildman–Crippen MR) is 56.0 cm³/mol. The van der Waals surface area contributed by atoms with Gasteiger partial charge in [-0.05, 0) is 24.6 Å². The van der Waals surface area contributed by atoms with E-state index in [0.717, 1.165) is 17.8 Å². The number of nitrogens with zero attached hydrogens (tertiary/aromatic N) is 2. The molecule has 0 aliphatic heterocycles. The second kappa shape index (κ2) is 4.64. The summed E-state index contributed by atoms with van der Waals surface area (Å²) in [5.41, 5.74) is 2.29. The number of aliphatic hydroxyl groups is 1. The first-order valence-electron chi connectivity index (χ1n) is 4.58. The maximum Gasteiger partial charge on any atom is 0.101 e. The van der Waals surface area contributed by atoms with Crippen LogP contribution in [0.25, 0.3) is 0 Å². The Morgan fingerprint density at radius 1 is 1.50 bits per heavy atom. The van der Waals surface area contributed by atoms with Crippen LogP contribution in [0, 0.1) is 11.3 Å². The smallest absolute Gasteiger partial charge is 0.101 e. The van der Waals surface area contributed by atoms with Gasteiger partial charge in [0.25, 0.3) is 0 Å². The average molecular weight is 190 g/mol. The predicted octanol–water partition coefficient (Wildman–Crippen LogP) is 1.51. The second-order valence-electron chi connectivity index (χ2n) is 3.14. The van der Waals surface area contributed by atoms with Gasteiger partial charge in [-0.15, -0.1) is 0 Å². The van der Waals surface area contributed by atoms with Gasteiger partial charge in [0.1, 0.15) is 6.07 Å². The van der Waals surface area contributed by atoms with Crippen LogP contribution in [0.3, 0.4) is 0 Å². The van der Waals surface area contributed by atoms with E-state index in [1.807, 2.05) is 31.0 Å². The molecule has 3 nitrogen and oxygen atoms in total. The number of hydrogen-bond donors (Lipinski definition) is 1. The Labute approximate surface area is 84.2 Å². The highest BCUT2D eigenvalue weighted by Crippen LogP contribution is 2.20. The van der Waals surface area contributed by atoms with E-state index in [1.54, 1.807) is 6.07 Å². The molecule has 1 N–H and O–H groups in total. The molecule has 74 valence electrons. The number of nitriles is 1. The van der Waals surface area contributed by atoms with Gasteiger partial charge in [-0.1, -0.05) is 6.07 Å². The summed E-state index contributed by atoms with van der Waals surface area (Å²) in [6.07, 6.45) is 0. The zero-order valence-electron chi connectivity index (χ0n) is 8.49. The Morgan fingerprint density at radius 3 is 2.71 bits per heavy atom. The molecule has 0 spiro atoms. The number of anilines is 1. The van der Waals surface area contributed by atoms with Crippen molar-refractivity contribution in [2.75, 3.05) is 18.5 Å². The van der Waals surface area contributed by atoms with Crippen LogP contribution in [0.1, 0.15) is 18.1 Å². The minimum absolute atomic E-state index is 0.0230. The zero-order valence-corrected chi connectivity index (χ0v) is 8.49. The van der Waals surface area contributed by atoms with Crippen molar-refractivity contribution < 1.29 is 5.11 Å². The summed E-state index contributed by atoms with van der Waals surface area (Å²) in [5, 5.41) is 17.8. The third-order valence-electron chi connectivity index (χ3n) is 2.25. The van der Waals surface area contributed by atoms with Gasteiger partial charge >= 0.3 is 0 Å². The van der Waals surface area contributed by atoms with E-state index in [1.165, 1.54) is 0 Å². The van der Waals surface area contributed by atoms with Gasteiger partial charge in [0.05, 0.1) is 17.9 Å². The lowest BCUT2D eigenvalue weighted by molar-refractivity contribution is 0.282. The van der Waals surface area contributed by atoms with Crippen molar-refractivity contribution >= 4 is 5.69 Å². The molecule has 3 heteroatoms. The normalized spacial score (nSPS) is 9.57. The molecule has 0 saturated heterocycles. The number of aliphatic hydroxyl groups excluding tert-OH is 1. The number of benzene rings is 1. The summed E-state index contributed by atoms with van der Waals surface area (Å²) >= 11 is 0. The Kier molecular flexibility index (Phi) is 3.49. The summed E-state index contributed by atoms with van der Waals surface area (Å²) in [5.74, 6) is 0. The molecule has 0 unspecified atom stereocenters. The lowest BCUT2D eigenvalue weighted by Gasteiger charge is -2.18. The average Bonchev–Trinajstić information content (AvgIpc) is 2.27. The molecule has 1 aromatic rings. The molecule has 1 rings (SSSR count). The quantitative estimate of drug-likeness (QED) is 0.785. The fourth-order valence-electron chi connectivity index (χ4n) is 1.27. The third kappa shape index (κ3) is 2.04. The number of hydrogen-bond acceptors (Lipinski definition) is 3. The first kappa shape index (κ1) is 10.6. The summed E-state index contributed by atoms with van der Waals surface area (Å²) < 4.78 is 0. The second-order valence-corrected chi connectivity index (χ2v) is 3.14. The fourth-order valence-corrected chi connectivity index (χ4v) is 1.27. The van der Waals surface area contributed by atoms with E-state index in [2.05, 4.69) is 6.07 Å². The van der Waals surface area contributed by atoms with Crippen molar-refractivity contribution in [3.63, 3.8) is 0 Å². The van der Waals surface area contributed by atoms with Crippen LogP contribution in [-0.2, 0) is 6.61 Å². The van der Waals surface area contributed by atoms with E-state index in [-0.39, 0.29) is 6.61 Å². The molecule has 0 bridgehead atoms. The zero-order chi connectivity index (χ0) is 10.6. The standard InChI is InChI=1S/C11H14N2O/c1-3-13(2)11-5-4-9(8-14)6-10(11)7-12/h4-6,14H,3,8H2,1-2H3. The van der Waals surface area contributed by atoms with Gasteiger partial charge < -0.3 is 10.0 Å². The van der Waals surface area contributed by atoms with Crippen molar-refractivity contribution in [3.8, 4) is 6.07 Å². The van der Waals surface area contributed by atoms with Crippen LogP contribution >= 0.6 is 0 Å². The highest BCUT2D eigenvalue weighted by Gasteiger charge is 2.06. The molecule has 0 aromatic heterocycles. The third-order valence-corrected chi connectivity index (χ3v) is 2.25. The lowest BCUT2D eigenvalue weighted by atomic mass is 10.1. The Hall–Kier alpha value is -1.53. The van der Waals surface area contributed by atoms with Gasteiger partial charge in [0.2, 0.25) is 0 Å². The van der Waals surface area contributed by atoms with Crippen LogP contribution in [0.15, 0.2) is 18.2 Å². The lowest BCUT2D eigenvalue weighted by Crippen LogP contribution is -2.17. The molecule has 0 aliphatic carbocycles. The van der Waals surface area contributed by atoms with E-state index < -0.39 is 0 Å². The van der Waals surface area contributed by atoms with Gasteiger partial charge in [-0.3, -0.25) is 0 Å².